The molecule has 0 radical (unpaired) electrons. The van der Waals surface area contributed by atoms with Crippen molar-refractivity contribution in [3.05, 3.63) is 0 Å². The van der Waals surface area contributed by atoms with E-state index in [2.05, 4.69) is 18.7 Å². The minimum Gasteiger partial charge on any atom is -0.339 e. The molecule has 2 aliphatic heterocycles. The van der Waals surface area contributed by atoms with E-state index < -0.39 is 0 Å². The number of nitrogens with zero attached hydrogens (tertiary/aromatic N) is 1. The molecule has 0 amide bonds. The second-order valence-electron chi connectivity index (χ2n) is 6.65. The van der Waals surface area contributed by atoms with Crippen LogP contribution in [-0.2, 0) is 0 Å². The second kappa shape index (κ2) is 6.82. The molecular formula is C15H30BN. The van der Waals surface area contributed by atoms with E-state index in [9.17, 15) is 0 Å². The third-order valence-electron chi connectivity index (χ3n) is 4.80. The number of rotatable bonds is 3. The Labute approximate surface area is 108 Å². The SMILES string of the molecule is CC(C)CCN1B2CCCCCCC1CCC2. The first-order valence-corrected chi connectivity index (χ1v) is 8.03. The van der Waals surface area contributed by atoms with Gasteiger partial charge in [0.2, 0.25) is 6.85 Å². The molecule has 2 bridgehead atoms. The molecule has 0 N–H and O–H groups in total. The van der Waals surface area contributed by atoms with E-state index in [1.54, 1.807) is 0 Å². The Balaban J connectivity index is 1.96. The van der Waals surface area contributed by atoms with Crippen LogP contribution < -0.4 is 0 Å². The quantitative estimate of drug-likeness (QED) is 0.653. The molecule has 2 fully saturated rings. The lowest BCUT2D eigenvalue weighted by Crippen LogP contribution is -2.49. The summed E-state index contributed by atoms with van der Waals surface area (Å²) in [5, 5.41) is 0. The molecule has 98 valence electrons. The summed E-state index contributed by atoms with van der Waals surface area (Å²) in [6, 6.07) is 0.936. The lowest BCUT2D eigenvalue weighted by Gasteiger charge is -2.41. The molecule has 1 atom stereocenters. The first kappa shape index (κ1) is 13.5. The van der Waals surface area contributed by atoms with Gasteiger partial charge < -0.3 is 4.81 Å². The van der Waals surface area contributed by atoms with E-state index in [1.165, 1.54) is 70.6 Å². The molecule has 0 aromatic carbocycles. The van der Waals surface area contributed by atoms with Crippen LogP contribution in [0, 0.1) is 5.92 Å². The van der Waals surface area contributed by atoms with Crippen LogP contribution in [0.2, 0.25) is 12.6 Å². The van der Waals surface area contributed by atoms with E-state index in [0.717, 1.165) is 18.8 Å². The topological polar surface area (TPSA) is 3.24 Å². The molecule has 0 aliphatic carbocycles. The van der Waals surface area contributed by atoms with E-state index in [1.807, 2.05) is 0 Å². The molecule has 17 heavy (non-hydrogen) atoms. The van der Waals surface area contributed by atoms with Crippen molar-refractivity contribution < 1.29 is 0 Å². The van der Waals surface area contributed by atoms with Gasteiger partial charge in [0, 0.05) is 0 Å². The second-order valence-corrected chi connectivity index (χ2v) is 6.65. The molecule has 2 heterocycles. The fourth-order valence-corrected chi connectivity index (χ4v) is 3.73. The first-order valence-electron chi connectivity index (χ1n) is 8.03. The highest BCUT2D eigenvalue weighted by Crippen LogP contribution is 2.30. The standard InChI is InChI=1S/C15H30BN/c1-14(2)10-13-17-15-8-5-3-4-6-11-16(17)12-7-9-15/h14-15H,3-13H2,1-2H3. The Bertz CT molecular complexity index is 201. The monoisotopic (exact) mass is 235 g/mol. The van der Waals surface area contributed by atoms with Gasteiger partial charge in [-0.1, -0.05) is 58.6 Å². The molecular weight excluding hydrogens is 205 g/mol. The molecule has 0 aromatic rings. The van der Waals surface area contributed by atoms with Crippen molar-refractivity contribution >= 4 is 6.85 Å². The van der Waals surface area contributed by atoms with Crippen LogP contribution in [0.1, 0.15) is 65.2 Å². The Kier molecular flexibility index (Phi) is 5.40. The maximum Gasteiger partial charge on any atom is 0.223 e. The van der Waals surface area contributed by atoms with Crippen molar-refractivity contribution in [1.82, 2.24) is 4.81 Å². The molecule has 0 saturated carbocycles. The predicted octanol–water partition coefficient (Wildman–Crippen LogP) is 4.45. The third kappa shape index (κ3) is 4.01. The van der Waals surface area contributed by atoms with Crippen molar-refractivity contribution in [1.29, 1.82) is 0 Å². The van der Waals surface area contributed by atoms with Gasteiger partial charge in [-0.25, -0.2) is 0 Å². The lowest BCUT2D eigenvalue weighted by molar-refractivity contribution is 0.252. The van der Waals surface area contributed by atoms with Gasteiger partial charge in [-0.15, -0.1) is 0 Å². The van der Waals surface area contributed by atoms with Crippen LogP contribution in [0.15, 0.2) is 0 Å². The average molecular weight is 235 g/mol. The van der Waals surface area contributed by atoms with Gasteiger partial charge in [-0.05, 0) is 37.8 Å². The lowest BCUT2D eigenvalue weighted by atomic mass is 9.50. The van der Waals surface area contributed by atoms with Gasteiger partial charge in [0.05, 0.1) is 0 Å². The van der Waals surface area contributed by atoms with Crippen LogP contribution in [0.5, 0.6) is 0 Å². The summed E-state index contributed by atoms with van der Waals surface area (Å²) in [6.45, 7) is 7.04. The smallest absolute Gasteiger partial charge is 0.223 e. The highest BCUT2D eigenvalue weighted by atomic mass is 15.1. The normalized spacial score (nSPS) is 27.7. The average Bonchev–Trinajstić information content (AvgIpc) is 2.36. The van der Waals surface area contributed by atoms with E-state index in [0.29, 0.717) is 0 Å². The van der Waals surface area contributed by atoms with Crippen LogP contribution in [-0.4, -0.2) is 24.2 Å². The summed E-state index contributed by atoms with van der Waals surface area (Å²) >= 11 is 0. The van der Waals surface area contributed by atoms with Gasteiger partial charge >= 0.3 is 0 Å². The number of hydrogen-bond donors (Lipinski definition) is 0. The van der Waals surface area contributed by atoms with Crippen molar-refractivity contribution in [2.75, 3.05) is 6.54 Å². The highest BCUT2D eigenvalue weighted by molar-refractivity contribution is 6.56. The fourth-order valence-electron chi connectivity index (χ4n) is 3.73. The largest absolute Gasteiger partial charge is 0.339 e. The fraction of sp³-hybridized carbons (Fsp3) is 1.00. The van der Waals surface area contributed by atoms with Gasteiger partial charge in [0.15, 0.2) is 0 Å². The van der Waals surface area contributed by atoms with Gasteiger partial charge in [-0.2, -0.15) is 0 Å². The maximum atomic E-state index is 2.91. The number of hydrogen-bond acceptors (Lipinski definition) is 1. The molecule has 2 heteroatoms. The van der Waals surface area contributed by atoms with E-state index >= 15 is 0 Å². The zero-order valence-corrected chi connectivity index (χ0v) is 12.0. The summed E-state index contributed by atoms with van der Waals surface area (Å²) in [5.74, 6) is 0.864. The van der Waals surface area contributed by atoms with Crippen LogP contribution in [0.3, 0.4) is 0 Å². The van der Waals surface area contributed by atoms with Crippen LogP contribution in [0.25, 0.3) is 0 Å². The zero-order valence-electron chi connectivity index (χ0n) is 12.0. The van der Waals surface area contributed by atoms with E-state index in [4.69, 9.17) is 0 Å². The van der Waals surface area contributed by atoms with Crippen LogP contribution >= 0.6 is 0 Å². The summed E-state index contributed by atoms with van der Waals surface area (Å²) < 4.78 is 0. The summed E-state index contributed by atoms with van der Waals surface area (Å²) in [7, 11) is 0. The molecule has 1 unspecified atom stereocenters. The van der Waals surface area contributed by atoms with Gasteiger partial charge in [0.25, 0.3) is 0 Å². The minimum absolute atomic E-state index is 0.864. The first-order chi connectivity index (χ1) is 8.27. The third-order valence-corrected chi connectivity index (χ3v) is 4.80. The Morgan fingerprint density at radius 3 is 2.53 bits per heavy atom. The molecule has 0 spiro atoms. The summed E-state index contributed by atoms with van der Waals surface area (Å²) in [4.78, 5) is 2.91. The van der Waals surface area contributed by atoms with Crippen molar-refractivity contribution in [2.45, 2.75) is 83.9 Å². The van der Waals surface area contributed by atoms with E-state index in [-0.39, 0.29) is 0 Å². The Morgan fingerprint density at radius 2 is 1.71 bits per heavy atom. The molecule has 2 saturated heterocycles. The van der Waals surface area contributed by atoms with Crippen molar-refractivity contribution in [3.63, 3.8) is 0 Å². The molecule has 2 aliphatic rings. The van der Waals surface area contributed by atoms with Crippen molar-refractivity contribution in [2.24, 2.45) is 5.92 Å². The molecule has 2 rings (SSSR count). The maximum absolute atomic E-state index is 2.91. The molecule has 1 nitrogen and oxygen atoms in total. The number of fused-ring (bicyclic) bond motifs is 2. The minimum atomic E-state index is 0.864. The summed E-state index contributed by atoms with van der Waals surface area (Å²) in [6.07, 6.45) is 14.8. The Morgan fingerprint density at radius 1 is 1.00 bits per heavy atom. The Hall–Kier alpha value is 0.0249. The van der Waals surface area contributed by atoms with Gasteiger partial charge in [0.1, 0.15) is 0 Å². The highest BCUT2D eigenvalue weighted by Gasteiger charge is 2.32. The molecule has 0 aromatic heterocycles. The van der Waals surface area contributed by atoms with Crippen molar-refractivity contribution in [3.8, 4) is 0 Å². The summed E-state index contributed by atoms with van der Waals surface area (Å²) in [5.41, 5.74) is 0. The predicted molar refractivity (Wildman–Crippen MR) is 77.6 cm³/mol. The van der Waals surface area contributed by atoms with Gasteiger partial charge in [-0.3, -0.25) is 0 Å². The zero-order chi connectivity index (χ0) is 12.1. The van der Waals surface area contributed by atoms with Crippen LogP contribution in [0.4, 0.5) is 0 Å².